The normalized spacial score (nSPS) is 13.3. The van der Waals surface area contributed by atoms with Crippen molar-refractivity contribution in [2.24, 2.45) is 0 Å². The van der Waals surface area contributed by atoms with Gasteiger partial charge in [-0.3, -0.25) is 4.79 Å². The number of carbonyl (C=O) groups excluding carboxylic acids is 2. The van der Waals surface area contributed by atoms with E-state index in [0.717, 1.165) is 24.1 Å². The van der Waals surface area contributed by atoms with E-state index in [-0.39, 0.29) is 18.5 Å². The second-order valence-electron chi connectivity index (χ2n) is 4.73. The third-order valence-corrected chi connectivity index (χ3v) is 3.09. The zero-order valence-corrected chi connectivity index (χ0v) is 11.6. The summed E-state index contributed by atoms with van der Waals surface area (Å²) < 4.78 is 10.4. The highest BCUT2D eigenvalue weighted by Gasteiger charge is 2.15. The van der Waals surface area contributed by atoms with E-state index >= 15 is 0 Å². The minimum Gasteiger partial charge on any atom is -0.482 e. The van der Waals surface area contributed by atoms with Gasteiger partial charge in [-0.1, -0.05) is 13.3 Å². The van der Waals surface area contributed by atoms with Crippen LogP contribution in [0.25, 0.3) is 0 Å². The molecule has 20 heavy (non-hydrogen) atoms. The lowest BCUT2D eigenvalue weighted by Gasteiger charge is -2.17. The molecule has 108 valence electrons. The molecular formula is C15H19NO4. The molecule has 0 saturated carbocycles. The van der Waals surface area contributed by atoms with Crippen molar-refractivity contribution >= 4 is 17.6 Å². The zero-order valence-electron chi connectivity index (χ0n) is 11.6. The van der Waals surface area contributed by atoms with Gasteiger partial charge in [0.15, 0.2) is 6.61 Å². The predicted molar refractivity (Wildman–Crippen MR) is 74.8 cm³/mol. The Bertz CT molecular complexity index is 499. The molecule has 0 radical (unpaired) electrons. The average molecular weight is 277 g/mol. The van der Waals surface area contributed by atoms with E-state index in [1.807, 2.05) is 13.0 Å². The van der Waals surface area contributed by atoms with Gasteiger partial charge in [0.1, 0.15) is 5.75 Å². The Morgan fingerprint density at radius 2 is 2.20 bits per heavy atom. The van der Waals surface area contributed by atoms with Crippen molar-refractivity contribution in [3.8, 4) is 5.75 Å². The maximum atomic E-state index is 11.4. The van der Waals surface area contributed by atoms with Crippen LogP contribution in [-0.4, -0.2) is 25.1 Å². The Kier molecular flexibility index (Phi) is 4.98. The first-order chi connectivity index (χ1) is 9.69. The van der Waals surface area contributed by atoms with E-state index in [1.165, 1.54) is 0 Å². The van der Waals surface area contributed by atoms with Crippen molar-refractivity contribution in [1.82, 2.24) is 0 Å². The monoisotopic (exact) mass is 277 g/mol. The molecule has 2 rings (SSSR count). The largest absolute Gasteiger partial charge is 0.482 e. The summed E-state index contributed by atoms with van der Waals surface area (Å²) in [5, 5.41) is 2.80. The number of carbonyl (C=O) groups is 2. The van der Waals surface area contributed by atoms with Crippen molar-refractivity contribution < 1.29 is 19.1 Å². The van der Waals surface area contributed by atoms with E-state index < -0.39 is 0 Å². The maximum Gasteiger partial charge on any atom is 0.344 e. The Labute approximate surface area is 118 Å². The first-order valence-corrected chi connectivity index (χ1v) is 6.90. The van der Waals surface area contributed by atoms with Crippen molar-refractivity contribution in [3.05, 3.63) is 23.8 Å². The Hall–Kier alpha value is -2.04. The summed E-state index contributed by atoms with van der Waals surface area (Å²) in [5.74, 6) is 0.294. The number of nitrogens with one attached hydrogen (secondary N) is 1. The van der Waals surface area contributed by atoms with Crippen LogP contribution < -0.4 is 10.1 Å². The molecule has 1 amide bonds. The van der Waals surface area contributed by atoms with Gasteiger partial charge < -0.3 is 14.8 Å². The van der Waals surface area contributed by atoms with Crippen LogP contribution in [0.1, 0.15) is 31.7 Å². The fourth-order valence-electron chi connectivity index (χ4n) is 1.96. The number of anilines is 1. The SMILES string of the molecule is CCCCOC(=O)COc1ccc2c(c1)CCC(=O)N2. The van der Waals surface area contributed by atoms with Crippen LogP contribution in [0, 0.1) is 0 Å². The average Bonchev–Trinajstić information content (AvgIpc) is 2.45. The standard InChI is InChI=1S/C15H19NO4/c1-2-3-8-19-15(18)10-20-12-5-6-13-11(9-12)4-7-14(17)16-13/h5-6,9H,2-4,7-8,10H2,1H3,(H,16,17). The molecule has 1 heterocycles. The number of hydrogen-bond donors (Lipinski definition) is 1. The highest BCUT2D eigenvalue weighted by molar-refractivity contribution is 5.94. The number of fused-ring (bicyclic) bond motifs is 1. The number of benzene rings is 1. The van der Waals surface area contributed by atoms with Gasteiger partial charge in [-0.15, -0.1) is 0 Å². The number of esters is 1. The molecule has 1 aliphatic heterocycles. The molecule has 0 spiro atoms. The molecule has 0 atom stereocenters. The predicted octanol–water partition coefficient (Wildman–Crippen LogP) is 2.29. The van der Waals surface area contributed by atoms with Crippen LogP contribution in [0.5, 0.6) is 5.75 Å². The minimum absolute atomic E-state index is 0.0330. The third kappa shape index (κ3) is 3.98. The summed E-state index contributed by atoms with van der Waals surface area (Å²) in [6.45, 7) is 2.39. The maximum absolute atomic E-state index is 11.4. The third-order valence-electron chi connectivity index (χ3n) is 3.09. The molecule has 5 nitrogen and oxygen atoms in total. The highest BCUT2D eigenvalue weighted by Crippen LogP contribution is 2.26. The van der Waals surface area contributed by atoms with Crippen molar-refractivity contribution in [1.29, 1.82) is 0 Å². The minimum atomic E-state index is -0.357. The molecule has 5 heteroatoms. The Morgan fingerprint density at radius 3 is 3.00 bits per heavy atom. The van der Waals surface area contributed by atoms with Crippen LogP contribution >= 0.6 is 0 Å². The number of hydrogen-bond acceptors (Lipinski definition) is 4. The Balaban J connectivity index is 1.85. The van der Waals surface area contributed by atoms with Crippen LogP contribution in [0.3, 0.4) is 0 Å². The fourth-order valence-corrected chi connectivity index (χ4v) is 1.96. The molecule has 1 aliphatic rings. The lowest BCUT2D eigenvalue weighted by molar-refractivity contribution is -0.146. The van der Waals surface area contributed by atoms with Gasteiger partial charge in [-0.2, -0.15) is 0 Å². The van der Waals surface area contributed by atoms with Crippen LogP contribution in [0.2, 0.25) is 0 Å². The van der Waals surface area contributed by atoms with Gasteiger partial charge in [0.2, 0.25) is 5.91 Å². The second-order valence-corrected chi connectivity index (χ2v) is 4.73. The number of unbranched alkanes of at least 4 members (excludes halogenated alkanes) is 1. The number of amides is 1. The topological polar surface area (TPSA) is 64.6 Å². The number of ether oxygens (including phenoxy) is 2. The van der Waals surface area contributed by atoms with Gasteiger partial charge >= 0.3 is 5.97 Å². The van der Waals surface area contributed by atoms with Gasteiger partial charge in [-0.05, 0) is 36.6 Å². The van der Waals surface area contributed by atoms with E-state index in [9.17, 15) is 9.59 Å². The van der Waals surface area contributed by atoms with E-state index in [0.29, 0.717) is 25.2 Å². The zero-order chi connectivity index (χ0) is 14.4. The number of rotatable bonds is 6. The first-order valence-electron chi connectivity index (χ1n) is 6.90. The number of aryl methyl sites for hydroxylation is 1. The molecule has 0 aliphatic carbocycles. The molecular weight excluding hydrogens is 258 g/mol. The van der Waals surface area contributed by atoms with Crippen LogP contribution in [-0.2, 0) is 20.7 Å². The molecule has 0 aromatic heterocycles. The van der Waals surface area contributed by atoms with Crippen LogP contribution in [0.4, 0.5) is 5.69 Å². The molecule has 0 fully saturated rings. The van der Waals surface area contributed by atoms with E-state index in [2.05, 4.69) is 5.32 Å². The lowest BCUT2D eigenvalue weighted by Crippen LogP contribution is -2.19. The van der Waals surface area contributed by atoms with Gasteiger partial charge in [-0.25, -0.2) is 4.79 Å². The summed E-state index contributed by atoms with van der Waals surface area (Å²) in [7, 11) is 0. The molecule has 1 aromatic carbocycles. The van der Waals surface area contributed by atoms with Crippen molar-refractivity contribution in [2.75, 3.05) is 18.5 Å². The summed E-state index contributed by atoms with van der Waals surface area (Å²) in [4.78, 5) is 22.7. The molecule has 1 N–H and O–H groups in total. The highest BCUT2D eigenvalue weighted by atomic mass is 16.6. The Morgan fingerprint density at radius 1 is 1.35 bits per heavy atom. The molecule has 0 saturated heterocycles. The molecule has 1 aromatic rings. The quantitative estimate of drug-likeness (QED) is 0.640. The summed E-state index contributed by atoms with van der Waals surface area (Å²) in [6, 6.07) is 5.39. The smallest absolute Gasteiger partial charge is 0.344 e. The molecule has 0 unspecified atom stereocenters. The molecule has 0 bridgehead atoms. The van der Waals surface area contributed by atoms with Gasteiger partial charge in [0.05, 0.1) is 6.61 Å². The fraction of sp³-hybridized carbons (Fsp3) is 0.467. The second kappa shape index (κ2) is 6.93. The first kappa shape index (κ1) is 14.4. The van der Waals surface area contributed by atoms with Gasteiger partial charge in [0.25, 0.3) is 0 Å². The van der Waals surface area contributed by atoms with Crippen molar-refractivity contribution in [2.45, 2.75) is 32.6 Å². The summed E-state index contributed by atoms with van der Waals surface area (Å²) >= 11 is 0. The van der Waals surface area contributed by atoms with Crippen molar-refractivity contribution in [3.63, 3.8) is 0 Å². The van der Waals surface area contributed by atoms with Crippen LogP contribution in [0.15, 0.2) is 18.2 Å². The lowest BCUT2D eigenvalue weighted by atomic mass is 10.0. The summed E-state index contributed by atoms with van der Waals surface area (Å²) in [6.07, 6.45) is 3.03. The van der Waals surface area contributed by atoms with Gasteiger partial charge in [0, 0.05) is 12.1 Å². The summed E-state index contributed by atoms with van der Waals surface area (Å²) in [5.41, 5.74) is 1.85. The van der Waals surface area contributed by atoms with E-state index in [4.69, 9.17) is 9.47 Å². The van der Waals surface area contributed by atoms with E-state index in [1.54, 1.807) is 12.1 Å².